The minimum Gasteiger partial charge on any atom is -0.507 e. The van der Waals surface area contributed by atoms with E-state index in [0.29, 0.717) is 11.4 Å². The van der Waals surface area contributed by atoms with Gasteiger partial charge >= 0.3 is 0 Å². The molecule has 0 saturated carbocycles. The summed E-state index contributed by atoms with van der Waals surface area (Å²) in [5.41, 5.74) is 10.8. The topological polar surface area (TPSA) is 50.9 Å². The van der Waals surface area contributed by atoms with E-state index in [2.05, 4.69) is 142 Å². The van der Waals surface area contributed by atoms with E-state index in [-0.39, 0.29) is 11.2 Å². The molecule has 0 aliphatic heterocycles. The van der Waals surface area contributed by atoms with Gasteiger partial charge in [0, 0.05) is 23.0 Å². The Balaban J connectivity index is 1.41. The normalized spacial score (nSPS) is 12.0. The highest BCUT2D eigenvalue weighted by molar-refractivity contribution is 6.89. The summed E-state index contributed by atoms with van der Waals surface area (Å²) in [7, 11) is -1.65. The second-order valence-electron chi connectivity index (χ2n) is 14.5. The Morgan fingerprint density at radius 3 is 1.96 bits per heavy atom. The molecule has 0 radical (unpaired) electrons. The molecule has 2 heterocycles. The first-order valence-corrected chi connectivity index (χ1v) is 20.1. The number of hydrogen-bond donors (Lipinski definition) is 1. The van der Waals surface area contributed by atoms with Gasteiger partial charge in [-0.2, -0.15) is 0 Å². The second-order valence-corrected chi connectivity index (χ2v) is 19.6. The van der Waals surface area contributed by atoms with Gasteiger partial charge in [0.2, 0.25) is 0 Å². The zero-order valence-corrected chi connectivity index (χ0v) is 29.5. The largest absolute Gasteiger partial charge is 0.507 e. The number of phenols is 1. The summed E-state index contributed by atoms with van der Waals surface area (Å²) >= 11 is 0. The fourth-order valence-electron chi connectivity index (χ4n) is 6.59. The van der Waals surface area contributed by atoms with Crippen LogP contribution in [0, 0.1) is 0 Å². The molecular formula is C43H41N3OSi. The van der Waals surface area contributed by atoms with Gasteiger partial charge in [-0.15, -0.1) is 0 Å². The van der Waals surface area contributed by atoms with Gasteiger partial charge in [-0.05, 0) is 69.3 Å². The number of rotatable bonds is 6. The van der Waals surface area contributed by atoms with Crippen molar-refractivity contribution in [2.75, 3.05) is 0 Å². The Hall–Kier alpha value is -5.26. The average molecular weight is 644 g/mol. The molecule has 0 unspecified atom stereocenters. The number of phenolic OH excluding ortho intramolecular Hbond substituents is 1. The van der Waals surface area contributed by atoms with E-state index in [4.69, 9.17) is 9.97 Å². The van der Waals surface area contributed by atoms with E-state index in [1.54, 1.807) is 0 Å². The van der Waals surface area contributed by atoms with Crippen molar-refractivity contribution in [1.82, 2.24) is 14.5 Å². The van der Waals surface area contributed by atoms with Crippen molar-refractivity contribution in [2.24, 2.45) is 0 Å². The highest BCUT2D eigenvalue weighted by atomic mass is 28.3. The summed E-state index contributed by atoms with van der Waals surface area (Å²) in [5.74, 6) is 0.975. The van der Waals surface area contributed by atoms with Gasteiger partial charge in [0.15, 0.2) is 0 Å². The van der Waals surface area contributed by atoms with Crippen LogP contribution in [0.4, 0.5) is 0 Å². The standard InChI is InChI=1S/C43H41N3OSi/c1-43(2,3)36-24-14-23-34(41(36)47)42-45-40-33(22-15-25-38(40)46(42)32-20-11-8-12-21-32)30-18-13-19-31(26-30)37-27-35(29-16-9-7-10-17-29)39(28-44-37)48(4,5)6/h7-28,47H,1-6H3. The van der Waals surface area contributed by atoms with Crippen molar-refractivity contribution < 1.29 is 5.11 Å². The predicted molar refractivity (Wildman–Crippen MR) is 204 cm³/mol. The number of pyridine rings is 1. The van der Waals surface area contributed by atoms with Crippen molar-refractivity contribution in [3.63, 3.8) is 0 Å². The molecule has 0 saturated heterocycles. The summed E-state index contributed by atoms with van der Waals surface area (Å²) in [6, 6.07) is 44.1. The van der Waals surface area contributed by atoms with Gasteiger partial charge in [0.25, 0.3) is 0 Å². The molecule has 48 heavy (non-hydrogen) atoms. The lowest BCUT2D eigenvalue weighted by Gasteiger charge is -2.22. The van der Waals surface area contributed by atoms with E-state index in [0.717, 1.165) is 44.7 Å². The first-order valence-electron chi connectivity index (χ1n) is 16.6. The highest BCUT2D eigenvalue weighted by Gasteiger charge is 2.25. The molecular weight excluding hydrogens is 603 g/mol. The number of benzene rings is 5. The fourth-order valence-corrected chi connectivity index (χ4v) is 8.07. The second kappa shape index (κ2) is 12.1. The van der Waals surface area contributed by atoms with E-state index in [1.165, 1.54) is 16.3 Å². The molecule has 2 aromatic heterocycles. The summed E-state index contributed by atoms with van der Waals surface area (Å²) < 4.78 is 2.16. The molecule has 0 spiro atoms. The fraction of sp³-hybridized carbons (Fsp3) is 0.163. The van der Waals surface area contributed by atoms with Gasteiger partial charge in [-0.1, -0.05) is 131 Å². The third-order valence-electron chi connectivity index (χ3n) is 9.05. The minimum absolute atomic E-state index is 0.225. The molecule has 7 rings (SSSR count). The minimum atomic E-state index is -1.65. The monoisotopic (exact) mass is 643 g/mol. The lowest BCUT2D eigenvalue weighted by atomic mass is 9.85. The number of aromatic hydroxyl groups is 1. The Morgan fingerprint density at radius 1 is 0.625 bits per heavy atom. The van der Waals surface area contributed by atoms with Crippen molar-refractivity contribution in [2.45, 2.75) is 45.8 Å². The molecule has 0 amide bonds. The maximum Gasteiger partial charge on any atom is 0.149 e. The van der Waals surface area contributed by atoms with Crippen LogP contribution in [0.15, 0.2) is 134 Å². The molecule has 5 heteroatoms. The van der Waals surface area contributed by atoms with E-state index < -0.39 is 8.07 Å². The SMILES string of the molecule is CC(C)(C)c1cccc(-c2nc3c(-c4cccc(-c5cc(-c6ccccc6)c([Si](C)(C)C)cn5)c4)cccc3n2-c2ccccc2)c1O. The predicted octanol–water partition coefficient (Wildman–Crippen LogP) is 10.6. The number of nitrogens with zero attached hydrogens (tertiary/aromatic N) is 3. The molecule has 4 nitrogen and oxygen atoms in total. The Labute approximate surface area is 284 Å². The molecule has 5 aromatic carbocycles. The van der Waals surface area contributed by atoms with E-state index in [9.17, 15) is 5.11 Å². The van der Waals surface area contributed by atoms with E-state index >= 15 is 0 Å². The Bertz CT molecular complexity index is 2260. The van der Waals surface area contributed by atoms with Gasteiger partial charge < -0.3 is 5.11 Å². The van der Waals surface area contributed by atoms with Gasteiger partial charge in [-0.3, -0.25) is 9.55 Å². The first-order chi connectivity index (χ1) is 23.0. The van der Waals surface area contributed by atoms with Crippen molar-refractivity contribution in [3.8, 4) is 56.3 Å². The quantitative estimate of drug-likeness (QED) is 0.184. The van der Waals surface area contributed by atoms with Gasteiger partial charge in [-0.25, -0.2) is 4.98 Å². The van der Waals surface area contributed by atoms with Gasteiger partial charge in [0.05, 0.1) is 30.4 Å². The van der Waals surface area contributed by atoms with Crippen molar-refractivity contribution in [1.29, 1.82) is 0 Å². The number of hydrogen-bond acceptors (Lipinski definition) is 3. The van der Waals surface area contributed by atoms with Crippen LogP contribution in [0.1, 0.15) is 26.3 Å². The van der Waals surface area contributed by atoms with Crippen LogP contribution >= 0.6 is 0 Å². The molecule has 0 fully saturated rings. The van der Waals surface area contributed by atoms with Crippen LogP contribution in [0.3, 0.4) is 0 Å². The first kappa shape index (κ1) is 31.3. The summed E-state index contributed by atoms with van der Waals surface area (Å²) in [6.07, 6.45) is 2.10. The molecule has 7 aromatic rings. The van der Waals surface area contributed by atoms with Crippen LogP contribution in [-0.4, -0.2) is 27.7 Å². The Morgan fingerprint density at radius 2 is 1.25 bits per heavy atom. The molecule has 1 N–H and O–H groups in total. The third kappa shape index (κ3) is 5.75. The van der Waals surface area contributed by atoms with Crippen molar-refractivity contribution >= 4 is 24.3 Å². The number of imidazole rings is 1. The third-order valence-corrected chi connectivity index (χ3v) is 11.1. The van der Waals surface area contributed by atoms with Crippen LogP contribution in [0.5, 0.6) is 5.75 Å². The van der Waals surface area contributed by atoms with Crippen molar-refractivity contribution in [3.05, 3.63) is 139 Å². The zero-order chi connectivity index (χ0) is 33.6. The zero-order valence-electron chi connectivity index (χ0n) is 28.5. The molecule has 0 atom stereocenters. The number of para-hydroxylation sites is 3. The lowest BCUT2D eigenvalue weighted by molar-refractivity contribution is 0.448. The molecule has 0 aliphatic rings. The molecule has 0 bridgehead atoms. The highest BCUT2D eigenvalue weighted by Crippen LogP contribution is 2.41. The molecule has 238 valence electrons. The summed E-state index contributed by atoms with van der Waals surface area (Å²) in [5, 5.41) is 13.0. The maximum absolute atomic E-state index is 11.6. The van der Waals surface area contributed by atoms with E-state index in [1.807, 2.05) is 36.4 Å². The van der Waals surface area contributed by atoms with Gasteiger partial charge in [0.1, 0.15) is 11.6 Å². The average Bonchev–Trinajstić information content (AvgIpc) is 3.47. The van der Waals surface area contributed by atoms with Crippen LogP contribution in [0.25, 0.3) is 61.6 Å². The maximum atomic E-state index is 11.6. The molecule has 0 aliphatic carbocycles. The summed E-state index contributed by atoms with van der Waals surface area (Å²) in [6.45, 7) is 13.5. The van der Waals surface area contributed by atoms with Crippen LogP contribution < -0.4 is 5.19 Å². The van der Waals surface area contributed by atoms with Crippen LogP contribution in [-0.2, 0) is 5.41 Å². The van der Waals surface area contributed by atoms with Crippen LogP contribution in [0.2, 0.25) is 19.6 Å². The number of aromatic nitrogens is 3. The lowest BCUT2D eigenvalue weighted by Crippen LogP contribution is -2.39. The summed E-state index contributed by atoms with van der Waals surface area (Å²) in [4.78, 5) is 10.3. The smallest absolute Gasteiger partial charge is 0.149 e. The Kier molecular flexibility index (Phi) is 7.88. The number of fused-ring (bicyclic) bond motifs is 1.